The number of pyridine rings is 1. The number of hydrogen-bond donors (Lipinski definition) is 1. The first-order valence-corrected chi connectivity index (χ1v) is 6.50. The summed E-state index contributed by atoms with van der Waals surface area (Å²) in [5, 5.41) is 10.6. The number of ether oxygens (including phenoxy) is 1. The Kier molecular flexibility index (Phi) is 4.04. The Bertz CT molecular complexity index is 579. The van der Waals surface area contributed by atoms with Crippen LogP contribution in [0.15, 0.2) is 42.7 Å². The van der Waals surface area contributed by atoms with Crippen LogP contribution in [0.3, 0.4) is 0 Å². The molecule has 1 unspecified atom stereocenters. The van der Waals surface area contributed by atoms with Gasteiger partial charge in [-0.15, -0.1) is 0 Å². The van der Waals surface area contributed by atoms with E-state index in [0.29, 0.717) is 11.1 Å². The zero-order valence-corrected chi connectivity index (χ0v) is 11.8. The molecule has 0 aliphatic heterocycles. The number of hydrogen-bond acceptors (Lipinski definition) is 3. The van der Waals surface area contributed by atoms with Crippen molar-refractivity contribution >= 4 is 0 Å². The van der Waals surface area contributed by atoms with Crippen LogP contribution in [-0.4, -0.2) is 16.2 Å². The molecule has 0 spiro atoms. The predicted molar refractivity (Wildman–Crippen MR) is 75.1 cm³/mol. The van der Waals surface area contributed by atoms with Crippen molar-refractivity contribution in [1.82, 2.24) is 4.98 Å². The van der Waals surface area contributed by atoms with Crippen LogP contribution < -0.4 is 4.74 Å². The first-order chi connectivity index (χ1) is 9.39. The maximum atomic E-state index is 13.2. The minimum Gasteiger partial charge on any atom is -0.491 e. The maximum absolute atomic E-state index is 13.2. The second kappa shape index (κ2) is 5.59. The molecule has 0 radical (unpaired) electrons. The van der Waals surface area contributed by atoms with Gasteiger partial charge >= 0.3 is 0 Å². The summed E-state index contributed by atoms with van der Waals surface area (Å²) in [6.07, 6.45) is 2.66. The van der Waals surface area contributed by atoms with Crippen molar-refractivity contribution in [2.45, 2.75) is 32.5 Å². The van der Waals surface area contributed by atoms with Crippen LogP contribution in [-0.2, 0) is 5.60 Å². The molecule has 0 fully saturated rings. The molecule has 0 saturated heterocycles. The van der Waals surface area contributed by atoms with E-state index in [2.05, 4.69) is 4.98 Å². The molecule has 1 aromatic heterocycles. The molecule has 1 N–H and O–H groups in total. The molecule has 4 heteroatoms. The second-order valence-electron chi connectivity index (χ2n) is 5.16. The van der Waals surface area contributed by atoms with Gasteiger partial charge in [0, 0.05) is 11.8 Å². The average molecular weight is 275 g/mol. The van der Waals surface area contributed by atoms with Gasteiger partial charge in [-0.05, 0) is 44.5 Å². The molecule has 1 heterocycles. The van der Waals surface area contributed by atoms with Gasteiger partial charge in [0.15, 0.2) is 0 Å². The lowest BCUT2D eigenvalue weighted by Gasteiger charge is -2.24. The molecule has 2 aromatic rings. The van der Waals surface area contributed by atoms with Gasteiger partial charge in [-0.3, -0.25) is 4.98 Å². The van der Waals surface area contributed by atoms with E-state index in [0.717, 1.165) is 11.9 Å². The molecule has 1 atom stereocenters. The van der Waals surface area contributed by atoms with Crippen LogP contribution in [0.4, 0.5) is 4.39 Å². The summed E-state index contributed by atoms with van der Waals surface area (Å²) in [6.45, 7) is 5.51. The van der Waals surface area contributed by atoms with Crippen LogP contribution >= 0.6 is 0 Å². The number of nitrogens with zero attached hydrogens (tertiary/aromatic N) is 1. The monoisotopic (exact) mass is 275 g/mol. The number of rotatable bonds is 4. The third-order valence-electron chi connectivity index (χ3n) is 3.06. The van der Waals surface area contributed by atoms with E-state index in [1.165, 1.54) is 12.3 Å². The highest BCUT2D eigenvalue weighted by Crippen LogP contribution is 2.30. The summed E-state index contributed by atoms with van der Waals surface area (Å²) in [5.74, 6) is 0.263. The molecule has 106 valence electrons. The summed E-state index contributed by atoms with van der Waals surface area (Å²) in [6, 6.07) is 8.39. The topological polar surface area (TPSA) is 42.4 Å². The van der Waals surface area contributed by atoms with Gasteiger partial charge in [0.1, 0.15) is 17.2 Å². The van der Waals surface area contributed by atoms with Crippen molar-refractivity contribution < 1.29 is 14.2 Å². The van der Waals surface area contributed by atoms with E-state index < -0.39 is 11.4 Å². The molecule has 0 bridgehead atoms. The third-order valence-corrected chi connectivity index (χ3v) is 3.06. The Morgan fingerprint density at radius 3 is 2.35 bits per heavy atom. The number of halogens is 1. The first kappa shape index (κ1) is 14.5. The van der Waals surface area contributed by atoms with E-state index in [1.54, 1.807) is 31.2 Å². The Morgan fingerprint density at radius 1 is 1.15 bits per heavy atom. The van der Waals surface area contributed by atoms with Gasteiger partial charge in [0.2, 0.25) is 0 Å². The Morgan fingerprint density at radius 2 is 1.80 bits per heavy atom. The predicted octanol–water partition coefficient (Wildman–Crippen LogP) is 3.26. The lowest BCUT2D eigenvalue weighted by atomic mass is 9.89. The quantitative estimate of drug-likeness (QED) is 0.931. The molecule has 0 amide bonds. The standard InChI is InChI=1S/C16H18FNO2/c1-11(2)20-15-6-4-12(5-7-15)16(3,19)13-8-14(17)10-18-9-13/h4-11,19H,1-3H3. The van der Waals surface area contributed by atoms with E-state index in [1.807, 2.05) is 13.8 Å². The van der Waals surface area contributed by atoms with Crippen molar-refractivity contribution in [1.29, 1.82) is 0 Å². The molecule has 0 aliphatic carbocycles. The molecular formula is C16H18FNO2. The minimum atomic E-state index is -1.30. The normalized spacial score (nSPS) is 14.1. The van der Waals surface area contributed by atoms with E-state index in [9.17, 15) is 9.50 Å². The summed E-state index contributed by atoms with van der Waals surface area (Å²) >= 11 is 0. The van der Waals surface area contributed by atoms with Gasteiger partial charge in [-0.25, -0.2) is 4.39 Å². The fourth-order valence-electron chi connectivity index (χ4n) is 1.97. The van der Waals surface area contributed by atoms with E-state index in [4.69, 9.17) is 4.74 Å². The van der Waals surface area contributed by atoms with Crippen molar-refractivity contribution in [2.75, 3.05) is 0 Å². The van der Waals surface area contributed by atoms with Gasteiger partial charge in [-0.2, -0.15) is 0 Å². The third kappa shape index (κ3) is 3.14. The highest BCUT2D eigenvalue weighted by atomic mass is 19.1. The van der Waals surface area contributed by atoms with Crippen LogP contribution in [0.25, 0.3) is 0 Å². The van der Waals surface area contributed by atoms with Crippen LogP contribution in [0.1, 0.15) is 31.9 Å². The maximum Gasteiger partial charge on any atom is 0.141 e. The minimum absolute atomic E-state index is 0.0915. The summed E-state index contributed by atoms with van der Waals surface area (Å²) < 4.78 is 18.8. The van der Waals surface area contributed by atoms with Crippen molar-refractivity contribution in [2.24, 2.45) is 0 Å². The second-order valence-corrected chi connectivity index (χ2v) is 5.16. The van der Waals surface area contributed by atoms with Crippen LogP contribution in [0.2, 0.25) is 0 Å². The molecule has 0 saturated carbocycles. The zero-order valence-electron chi connectivity index (χ0n) is 11.8. The molecular weight excluding hydrogens is 257 g/mol. The fourth-order valence-corrected chi connectivity index (χ4v) is 1.97. The summed E-state index contributed by atoms with van der Waals surface area (Å²) in [4.78, 5) is 3.77. The SMILES string of the molecule is CC(C)Oc1ccc(C(C)(O)c2cncc(F)c2)cc1. The highest BCUT2D eigenvalue weighted by Gasteiger charge is 2.26. The van der Waals surface area contributed by atoms with Gasteiger partial charge in [-0.1, -0.05) is 12.1 Å². The summed E-state index contributed by atoms with van der Waals surface area (Å²) in [7, 11) is 0. The molecule has 0 aliphatic rings. The molecule has 3 nitrogen and oxygen atoms in total. The van der Waals surface area contributed by atoms with Crippen molar-refractivity contribution in [3.05, 3.63) is 59.7 Å². The van der Waals surface area contributed by atoms with Crippen LogP contribution in [0.5, 0.6) is 5.75 Å². The lowest BCUT2D eigenvalue weighted by molar-refractivity contribution is 0.101. The Balaban J connectivity index is 2.29. The summed E-state index contributed by atoms with van der Waals surface area (Å²) in [5.41, 5.74) is -0.234. The van der Waals surface area contributed by atoms with Gasteiger partial charge in [0.05, 0.1) is 12.3 Å². The number of aromatic nitrogens is 1. The van der Waals surface area contributed by atoms with E-state index in [-0.39, 0.29) is 6.10 Å². The smallest absolute Gasteiger partial charge is 0.141 e. The van der Waals surface area contributed by atoms with Gasteiger partial charge < -0.3 is 9.84 Å². The Hall–Kier alpha value is -1.94. The van der Waals surface area contributed by atoms with Crippen molar-refractivity contribution in [3.63, 3.8) is 0 Å². The molecule has 2 rings (SSSR count). The van der Waals surface area contributed by atoms with E-state index >= 15 is 0 Å². The molecule has 20 heavy (non-hydrogen) atoms. The lowest BCUT2D eigenvalue weighted by Crippen LogP contribution is -2.23. The average Bonchev–Trinajstić information content (AvgIpc) is 2.38. The van der Waals surface area contributed by atoms with Gasteiger partial charge in [0.25, 0.3) is 0 Å². The molecule has 1 aromatic carbocycles. The Labute approximate surface area is 118 Å². The highest BCUT2D eigenvalue weighted by molar-refractivity contribution is 5.37. The zero-order chi connectivity index (χ0) is 14.8. The number of benzene rings is 1. The largest absolute Gasteiger partial charge is 0.491 e. The first-order valence-electron chi connectivity index (χ1n) is 6.50. The van der Waals surface area contributed by atoms with Crippen molar-refractivity contribution in [3.8, 4) is 5.75 Å². The van der Waals surface area contributed by atoms with Crippen LogP contribution in [0, 0.1) is 5.82 Å². The number of aliphatic hydroxyl groups is 1. The fraction of sp³-hybridized carbons (Fsp3) is 0.312.